The van der Waals surface area contributed by atoms with Gasteiger partial charge in [-0.15, -0.1) is 0 Å². The maximum Gasteiger partial charge on any atom is 0.257 e. The van der Waals surface area contributed by atoms with Gasteiger partial charge in [0.25, 0.3) is 5.91 Å². The quantitative estimate of drug-likeness (QED) is 0.785. The highest BCUT2D eigenvalue weighted by Gasteiger charge is 2.25. The first-order valence-electron chi connectivity index (χ1n) is 7.90. The molecule has 1 aliphatic heterocycles. The van der Waals surface area contributed by atoms with Gasteiger partial charge in [0, 0.05) is 26.2 Å². The minimum Gasteiger partial charge on any atom is -0.496 e. The number of hydrogen-bond acceptors (Lipinski definition) is 5. The second-order valence-corrected chi connectivity index (χ2v) is 5.67. The van der Waals surface area contributed by atoms with E-state index in [2.05, 4.69) is 0 Å². The summed E-state index contributed by atoms with van der Waals surface area (Å²) in [4.78, 5) is 28.5. The van der Waals surface area contributed by atoms with Crippen LogP contribution in [0.2, 0.25) is 0 Å². The van der Waals surface area contributed by atoms with Crippen molar-refractivity contribution >= 4 is 11.7 Å². The molecule has 126 valence electrons. The van der Waals surface area contributed by atoms with Crippen molar-refractivity contribution in [2.75, 3.05) is 39.8 Å². The van der Waals surface area contributed by atoms with Crippen molar-refractivity contribution < 1.29 is 18.7 Å². The SMILES string of the molecule is COc1ccccc1C(=O)N1CCN(CC(=O)c2ccco2)CC1. The molecule has 0 unspecified atom stereocenters. The van der Waals surface area contributed by atoms with Gasteiger partial charge in [-0.1, -0.05) is 12.1 Å². The summed E-state index contributed by atoms with van der Waals surface area (Å²) < 4.78 is 10.4. The van der Waals surface area contributed by atoms with Crippen LogP contribution in [0.4, 0.5) is 0 Å². The second kappa shape index (κ2) is 7.31. The van der Waals surface area contributed by atoms with Gasteiger partial charge >= 0.3 is 0 Å². The van der Waals surface area contributed by atoms with E-state index in [1.54, 1.807) is 36.3 Å². The Morgan fingerprint density at radius 3 is 2.50 bits per heavy atom. The fourth-order valence-corrected chi connectivity index (χ4v) is 2.82. The Morgan fingerprint density at radius 1 is 1.08 bits per heavy atom. The van der Waals surface area contributed by atoms with Crippen LogP contribution >= 0.6 is 0 Å². The topological polar surface area (TPSA) is 63.0 Å². The first kappa shape index (κ1) is 16.3. The maximum atomic E-state index is 12.6. The van der Waals surface area contributed by atoms with Crippen LogP contribution in [0.3, 0.4) is 0 Å². The summed E-state index contributed by atoms with van der Waals surface area (Å²) in [5.41, 5.74) is 0.570. The fourth-order valence-electron chi connectivity index (χ4n) is 2.82. The number of Topliss-reactive ketones (excluding diaryl/α,β-unsaturated/α-hetero) is 1. The standard InChI is InChI=1S/C18H20N2O4/c1-23-16-6-3-2-5-14(16)18(22)20-10-8-19(9-11-20)13-15(21)17-7-4-12-24-17/h2-7,12H,8-11,13H2,1H3. The Bertz CT molecular complexity index is 704. The molecule has 0 spiro atoms. The van der Waals surface area contributed by atoms with E-state index in [9.17, 15) is 9.59 Å². The van der Waals surface area contributed by atoms with Crippen LogP contribution in [0.5, 0.6) is 5.75 Å². The number of furan rings is 1. The van der Waals surface area contributed by atoms with Crippen LogP contribution in [0, 0.1) is 0 Å². The van der Waals surface area contributed by atoms with E-state index in [0.29, 0.717) is 49.8 Å². The summed E-state index contributed by atoms with van der Waals surface area (Å²) in [5.74, 6) is 0.884. The number of piperazine rings is 1. The van der Waals surface area contributed by atoms with Gasteiger partial charge in [-0.25, -0.2) is 0 Å². The van der Waals surface area contributed by atoms with Crippen molar-refractivity contribution in [1.29, 1.82) is 0 Å². The zero-order valence-corrected chi connectivity index (χ0v) is 13.6. The lowest BCUT2D eigenvalue weighted by atomic mass is 10.1. The molecule has 1 aromatic carbocycles. The van der Waals surface area contributed by atoms with Crippen molar-refractivity contribution in [2.24, 2.45) is 0 Å². The molecule has 0 radical (unpaired) electrons. The Hall–Kier alpha value is -2.60. The van der Waals surface area contributed by atoms with Gasteiger partial charge in [0.15, 0.2) is 5.76 Å². The Labute approximate surface area is 140 Å². The highest BCUT2D eigenvalue weighted by molar-refractivity contribution is 5.97. The molecular formula is C18H20N2O4. The summed E-state index contributed by atoms with van der Waals surface area (Å²) >= 11 is 0. The summed E-state index contributed by atoms with van der Waals surface area (Å²) in [7, 11) is 1.56. The summed E-state index contributed by atoms with van der Waals surface area (Å²) in [5, 5.41) is 0. The normalized spacial score (nSPS) is 15.3. The minimum absolute atomic E-state index is 0.0375. The molecule has 1 aromatic heterocycles. The van der Waals surface area contributed by atoms with E-state index in [0.717, 1.165) is 0 Å². The fraction of sp³-hybridized carbons (Fsp3) is 0.333. The molecule has 1 amide bonds. The van der Waals surface area contributed by atoms with Crippen molar-refractivity contribution in [3.8, 4) is 5.75 Å². The molecule has 0 aliphatic carbocycles. The molecule has 0 bridgehead atoms. The van der Waals surface area contributed by atoms with Crippen LogP contribution in [-0.2, 0) is 0 Å². The van der Waals surface area contributed by atoms with Gasteiger partial charge < -0.3 is 14.1 Å². The zero-order valence-electron chi connectivity index (χ0n) is 13.6. The number of hydrogen-bond donors (Lipinski definition) is 0. The van der Waals surface area contributed by atoms with Gasteiger partial charge in [-0.2, -0.15) is 0 Å². The van der Waals surface area contributed by atoms with Gasteiger partial charge in [0.1, 0.15) is 5.75 Å². The molecule has 2 heterocycles. The van der Waals surface area contributed by atoms with Crippen molar-refractivity contribution in [2.45, 2.75) is 0 Å². The van der Waals surface area contributed by atoms with Crippen LogP contribution in [0.1, 0.15) is 20.9 Å². The number of carbonyl (C=O) groups excluding carboxylic acids is 2. The van der Waals surface area contributed by atoms with Gasteiger partial charge in [-0.3, -0.25) is 14.5 Å². The van der Waals surface area contributed by atoms with E-state index in [1.165, 1.54) is 6.26 Å². The van der Waals surface area contributed by atoms with E-state index >= 15 is 0 Å². The number of methoxy groups -OCH3 is 1. The predicted octanol–water partition coefficient (Wildman–Crippen LogP) is 1.93. The number of ketones is 1. The molecule has 1 saturated heterocycles. The molecule has 3 rings (SSSR count). The van der Waals surface area contributed by atoms with Crippen LogP contribution < -0.4 is 4.74 Å². The number of rotatable bonds is 5. The second-order valence-electron chi connectivity index (χ2n) is 5.67. The van der Waals surface area contributed by atoms with Crippen LogP contribution in [0.15, 0.2) is 47.1 Å². The predicted molar refractivity (Wildman–Crippen MR) is 88.4 cm³/mol. The highest BCUT2D eigenvalue weighted by atomic mass is 16.5. The van der Waals surface area contributed by atoms with Crippen LogP contribution in [0.25, 0.3) is 0 Å². The molecule has 0 N–H and O–H groups in total. The van der Waals surface area contributed by atoms with Crippen molar-refractivity contribution in [3.05, 3.63) is 54.0 Å². The third kappa shape index (κ3) is 3.49. The summed E-state index contributed by atoms with van der Waals surface area (Å²) in [6.07, 6.45) is 1.50. The van der Waals surface area contributed by atoms with Crippen molar-refractivity contribution in [3.63, 3.8) is 0 Å². The molecule has 1 fully saturated rings. The smallest absolute Gasteiger partial charge is 0.257 e. The monoisotopic (exact) mass is 328 g/mol. The average molecular weight is 328 g/mol. The third-order valence-electron chi connectivity index (χ3n) is 4.16. The van der Waals surface area contributed by atoms with E-state index in [1.807, 2.05) is 17.0 Å². The largest absolute Gasteiger partial charge is 0.496 e. The molecule has 6 heteroatoms. The third-order valence-corrected chi connectivity index (χ3v) is 4.16. The van der Waals surface area contributed by atoms with E-state index < -0.39 is 0 Å². The van der Waals surface area contributed by atoms with Gasteiger partial charge in [-0.05, 0) is 24.3 Å². The van der Waals surface area contributed by atoms with E-state index in [-0.39, 0.29) is 11.7 Å². The highest BCUT2D eigenvalue weighted by Crippen LogP contribution is 2.20. The number of para-hydroxylation sites is 1. The minimum atomic E-state index is -0.0375. The summed E-state index contributed by atoms with van der Waals surface area (Å²) in [6, 6.07) is 10.6. The maximum absolute atomic E-state index is 12.6. The Kier molecular flexibility index (Phi) is 4.96. The first-order chi connectivity index (χ1) is 11.7. The lowest BCUT2D eigenvalue weighted by Gasteiger charge is -2.34. The molecule has 0 atom stereocenters. The molecule has 2 aromatic rings. The summed E-state index contributed by atoms with van der Waals surface area (Å²) in [6.45, 7) is 2.80. The van der Waals surface area contributed by atoms with E-state index in [4.69, 9.17) is 9.15 Å². The molecule has 0 saturated carbocycles. The number of carbonyl (C=O) groups is 2. The van der Waals surface area contributed by atoms with Gasteiger partial charge in [0.2, 0.25) is 5.78 Å². The number of amides is 1. The Morgan fingerprint density at radius 2 is 1.83 bits per heavy atom. The average Bonchev–Trinajstić information content (AvgIpc) is 3.16. The molecule has 6 nitrogen and oxygen atoms in total. The van der Waals surface area contributed by atoms with Crippen molar-refractivity contribution in [1.82, 2.24) is 9.80 Å². The molecule has 1 aliphatic rings. The lowest BCUT2D eigenvalue weighted by Crippen LogP contribution is -2.49. The number of ether oxygens (including phenoxy) is 1. The first-order valence-corrected chi connectivity index (χ1v) is 7.90. The van der Waals surface area contributed by atoms with Gasteiger partial charge in [0.05, 0.1) is 25.5 Å². The number of nitrogens with zero attached hydrogens (tertiary/aromatic N) is 2. The molecule has 24 heavy (non-hydrogen) atoms. The Balaban J connectivity index is 1.57. The lowest BCUT2D eigenvalue weighted by molar-refractivity contribution is 0.0617. The molecular weight excluding hydrogens is 308 g/mol. The van der Waals surface area contributed by atoms with Crippen LogP contribution in [-0.4, -0.2) is 61.3 Å². The zero-order chi connectivity index (χ0) is 16.9. The number of benzene rings is 1.